The van der Waals surface area contributed by atoms with E-state index in [9.17, 15) is 0 Å². The van der Waals surface area contributed by atoms with E-state index in [1.807, 2.05) is 18.2 Å². The first kappa shape index (κ1) is 16.4. The molecule has 0 atom stereocenters. The van der Waals surface area contributed by atoms with Crippen LogP contribution in [-0.4, -0.2) is 12.6 Å². The summed E-state index contributed by atoms with van der Waals surface area (Å²) in [6.45, 7) is 5.01. The van der Waals surface area contributed by atoms with Gasteiger partial charge in [-0.25, -0.2) is 0 Å². The van der Waals surface area contributed by atoms with Gasteiger partial charge in [0.1, 0.15) is 12.4 Å². The van der Waals surface area contributed by atoms with Crippen LogP contribution in [0.1, 0.15) is 31.2 Å². The smallest absolute Gasteiger partial charge is 0.124 e. The molecular formula is C15H21Cl2NO. The molecule has 0 aromatic heterocycles. The molecule has 2 rings (SSSR count). The van der Waals surface area contributed by atoms with Crippen molar-refractivity contribution >= 4 is 24.0 Å². The second-order valence-corrected chi connectivity index (χ2v) is 5.15. The van der Waals surface area contributed by atoms with Gasteiger partial charge in [0.15, 0.2) is 0 Å². The Morgan fingerprint density at radius 3 is 2.79 bits per heavy atom. The van der Waals surface area contributed by atoms with E-state index in [0.717, 1.165) is 22.9 Å². The summed E-state index contributed by atoms with van der Waals surface area (Å²) in [5.74, 6) is 0.893. The Labute approximate surface area is 126 Å². The Morgan fingerprint density at radius 1 is 1.37 bits per heavy atom. The fraction of sp³-hybridized carbons (Fsp3) is 0.467. The number of hydrogen-bond donors (Lipinski definition) is 1. The monoisotopic (exact) mass is 301 g/mol. The molecule has 1 aliphatic rings. The number of halogens is 2. The first-order valence-corrected chi connectivity index (χ1v) is 6.93. The van der Waals surface area contributed by atoms with Crippen molar-refractivity contribution in [3.8, 4) is 5.75 Å². The first-order valence-electron chi connectivity index (χ1n) is 6.55. The van der Waals surface area contributed by atoms with Crippen LogP contribution in [0.5, 0.6) is 5.75 Å². The van der Waals surface area contributed by atoms with Crippen LogP contribution in [0.15, 0.2) is 30.9 Å². The average molecular weight is 302 g/mol. The van der Waals surface area contributed by atoms with Crippen LogP contribution in [0.3, 0.4) is 0 Å². The third kappa shape index (κ3) is 5.06. The number of ether oxygens (including phenoxy) is 1. The van der Waals surface area contributed by atoms with Crippen LogP contribution in [0, 0.1) is 0 Å². The molecule has 1 aromatic rings. The molecule has 0 bridgehead atoms. The van der Waals surface area contributed by atoms with Crippen molar-refractivity contribution in [2.75, 3.05) is 6.61 Å². The minimum Gasteiger partial charge on any atom is -0.489 e. The molecule has 0 saturated heterocycles. The summed E-state index contributed by atoms with van der Waals surface area (Å²) in [7, 11) is 0. The van der Waals surface area contributed by atoms with E-state index in [1.54, 1.807) is 6.08 Å². The maximum Gasteiger partial charge on any atom is 0.124 e. The Kier molecular flexibility index (Phi) is 7.29. The lowest BCUT2D eigenvalue weighted by Crippen LogP contribution is -2.25. The lowest BCUT2D eigenvalue weighted by atomic mass is 10.1. The summed E-state index contributed by atoms with van der Waals surface area (Å²) >= 11 is 6.04. The summed E-state index contributed by atoms with van der Waals surface area (Å²) in [5, 5.41) is 4.33. The maximum atomic E-state index is 6.04. The molecule has 0 spiro atoms. The zero-order valence-electron chi connectivity index (χ0n) is 11.0. The molecule has 1 saturated carbocycles. The largest absolute Gasteiger partial charge is 0.489 e. The Balaban J connectivity index is 0.00000180. The highest BCUT2D eigenvalue weighted by molar-refractivity contribution is 6.30. The lowest BCUT2D eigenvalue weighted by Gasteiger charge is -2.15. The minimum atomic E-state index is 0. The van der Waals surface area contributed by atoms with E-state index < -0.39 is 0 Å². The maximum absolute atomic E-state index is 6.04. The van der Waals surface area contributed by atoms with E-state index in [4.69, 9.17) is 16.3 Å². The van der Waals surface area contributed by atoms with Crippen molar-refractivity contribution in [1.29, 1.82) is 0 Å². The van der Waals surface area contributed by atoms with Crippen LogP contribution in [0.2, 0.25) is 5.02 Å². The molecule has 1 fully saturated rings. The van der Waals surface area contributed by atoms with Crippen LogP contribution in [-0.2, 0) is 6.54 Å². The molecule has 0 aliphatic heterocycles. The van der Waals surface area contributed by atoms with E-state index in [1.165, 1.54) is 25.7 Å². The van der Waals surface area contributed by atoms with Gasteiger partial charge in [-0.05, 0) is 31.0 Å². The fourth-order valence-corrected chi connectivity index (χ4v) is 2.55. The average Bonchev–Trinajstić information content (AvgIpc) is 2.88. The normalized spacial score (nSPS) is 15.0. The molecule has 19 heavy (non-hydrogen) atoms. The van der Waals surface area contributed by atoms with Gasteiger partial charge in [-0.15, -0.1) is 12.4 Å². The van der Waals surface area contributed by atoms with Crippen molar-refractivity contribution in [2.45, 2.75) is 38.3 Å². The van der Waals surface area contributed by atoms with Gasteiger partial charge in [0, 0.05) is 23.2 Å². The van der Waals surface area contributed by atoms with Crippen LogP contribution in [0.25, 0.3) is 0 Å². The zero-order chi connectivity index (χ0) is 12.8. The van der Waals surface area contributed by atoms with Gasteiger partial charge in [-0.2, -0.15) is 0 Å². The highest BCUT2D eigenvalue weighted by Crippen LogP contribution is 2.24. The van der Waals surface area contributed by atoms with Gasteiger partial charge >= 0.3 is 0 Å². The topological polar surface area (TPSA) is 21.3 Å². The quantitative estimate of drug-likeness (QED) is 0.788. The van der Waals surface area contributed by atoms with Gasteiger partial charge < -0.3 is 10.1 Å². The number of benzene rings is 1. The van der Waals surface area contributed by atoms with E-state index in [0.29, 0.717) is 12.6 Å². The zero-order valence-corrected chi connectivity index (χ0v) is 12.6. The van der Waals surface area contributed by atoms with Crippen molar-refractivity contribution in [2.24, 2.45) is 0 Å². The second-order valence-electron chi connectivity index (χ2n) is 4.71. The first-order chi connectivity index (χ1) is 8.79. The van der Waals surface area contributed by atoms with Crippen molar-refractivity contribution < 1.29 is 4.74 Å². The third-order valence-electron chi connectivity index (χ3n) is 3.32. The van der Waals surface area contributed by atoms with Gasteiger partial charge in [-0.1, -0.05) is 37.1 Å². The van der Waals surface area contributed by atoms with Crippen LogP contribution < -0.4 is 10.1 Å². The predicted octanol–water partition coefficient (Wildman–Crippen LogP) is 4.36. The molecule has 0 radical (unpaired) electrons. The minimum absolute atomic E-state index is 0. The molecule has 4 heteroatoms. The van der Waals surface area contributed by atoms with Gasteiger partial charge in [-0.3, -0.25) is 0 Å². The summed E-state index contributed by atoms with van der Waals surface area (Å²) < 4.78 is 5.64. The SMILES string of the molecule is C=CCOc1ccc(Cl)cc1CNC1CCCC1.Cl. The van der Waals surface area contributed by atoms with Gasteiger partial charge in [0.25, 0.3) is 0 Å². The van der Waals surface area contributed by atoms with Gasteiger partial charge in [0.2, 0.25) is 0 Å². The molecule has 1 N–H and O–H groups in total. The van der Waals surface area contributed by atoms with Crippen molar-refractivity contribution in [1.82, 2.24) is 5.32 Å². The Hall–Kier alpha value is -0.700. The Bertz CT molecular complexity index is 403. The third-order valence-corrected chi connectivity index (χ3v) is 3.55. The van der Waals surface area contributed by atoms with Crippen LogP contribution >= 0.6 is 24.0 Å². The summed E-state index contributed by atoms with van der Waals surface area (Å²) in [4.78, 5) is 0. The fourth-order valence-electron chi connectivity index (χ4n) is 2.36. The lowest BCUT2D eigenvalue weighted by molar-refractivity contribution is 0.356. The number of hydrogen-bond acceptors (Lipinski definition) is 2. The standard InChI is InChI=1S/C15H20ClNO.ClH/c1-2-9-18-15-8-7-13(16)10-12(15)11-17-14-5-3-4-6-14;/h2,7-8,10,14,17H,1,3-6,9,11H2;1H. The highest BCUT2D eigenvalue weighted by Gasteiger charge is 2.15. The summed E-state index contributed by atoms with van der Waals surface area (Å²) in [6, 6.07) is 6.41. The molecule has 1 aliphatic carbocycles. The molecule has 0 unspecified atom stereocenters. The molecule has 1 aromatic carbocycles. The molecule has 0 heterocycles. The molecule has 106 valence electrons. The highest BCUT2D eigenvalue weighted by atomic mass is 35.5. The Morgan fingerprint density at radius 2 is 2.11 bits per heavy atom. The van der Waals surface area contributed by atoms with Crippen molar-refractivity contribution in [3.05, 3.63) is 41.4 Å². The number of nitrogens with one attached hydrogen (secondary N) is 1. The van der Waals surface area contributed by atoms with Crippen LogP contribution in [0.4, 0.5) is 0 Å². The molecule has 2 nitrogen and oxygen atoms in total. The predicted molar refractivity (Wildman–Crippen MR) is 83.5 cm³/mol. The van der Waals surface area contributed by atoms with Gasteiger partial charge in [0.05, 0.1) is 0 Å². The second kappa shape index (κ2) is 8.47. The van der Waals surface area contributed by atoms with E-state index in [-0.39, 0.29) is 12.4 Å². The van der Waals surface area contributed by atoms with Crippen molar-refractivity contribution in [3.63, 3.8) is 0 Å². The van der Waals surface area contributed by atoms with E-state index >= 15 is 0 Å². The molecular weight excluding hydrogens is 281 g/mol. The summed E-state index contributed by atoms with van der Waals surface area (Å²) in [6.07, 6.45) is 7.00. The molecule has 0 amide bonds. The number of rotatable bonds is 6. The van der Waals surface area contributed by atoms with E-state index in [2.05, 4.69) is 11.9 Å². The summed E-state index contributed by atoms with van der Waals surface area (Å²) in [5.41, 5.74) is 1.12.